The minimum Gasteiger partial charge on any atom is -0.363 e. The van der Waals surface area contributed by atoms with E-state index >= 15 is 0 Å². The summed E-state index contributed by atoms with van der Waals surface area (Å²) < 4.78 is 20.1. The smallest absolute Gasteiger partial charge is 0.334 e. The van der Waals surface area contributed by atoms with Gasteiger partial charge in [-0.15, -0.1) is 0 Å². The Morgan fingerprint density at radius 3 is 2.64 bits per heavy atom. The summed E-state index contributed by atoms with van der Waals surface area (Å²) in [5.41, 5.74) is 2.81. The number of hydrogen-bond acceptors (Lipinski definition) is 5. The Kier molecular flexibility index (Phi) is 7.64. The lowest BCUT2D eigenvalue weighted by Crippen LogP contribution is -2.88. The number of amides is 3. The predicted molar refractivity (Wildman–Crippen MR) is 166 cm³/mol. The highest BCUT2D eigenvalue weighted by molar-refractivity contribution is 5.83. The summed E-state index contributed by atoms with van der Waals surface area (Å²) in [6.45, 7) is 3.80. The van der Waals surface area contributed by atoms with E-state index in [1.807, 2.05) is 11.0 Å². The van der Waals surface area contributed by atoms with E-state index in [1.165, 1.54) is 23.3 Å². The number of carbonyl (C=O) groups excluding carboxylic acids is 2. The fourth-order valence-corrected chi connectivity index (χ4v) is 8.03. The molecule has 0 aliphatic carbocycles. The van der Waals surface area contributed by atoms with E-state index in [0.717, 1.165) is 31.4 Å². The van der Waals surface area contributed by atoms with Crippen molar-refractivity contribution in [3.05, 3.63) is 107 Å². The van der Waals surface area contributed by atoms with Crippen LogP contribution in [0, 0.1) is 5.82 Å². The predicted octanol–water partition coefficient (Wildman–Crippen LogP) is 4.58. The van der Waals surface area contributed by atoms with Gasteiger partial charge in [-0.2, -0.15) is 0 Å². The fraction of sp³-hybridized carbons (Fsp3) is 0.429. The van der Waals surface area contributed by atoms with Gasteiger partial charge < -0.3 is 15.0 Å². The number of allylic oxidation sites excluding steroid dienone is 3. The number of fused-ring (bicyclic) bond motifs is 2. The molecule has 0 saturated carbocycles. The average Bonchev–Trinajstić information content (AvgIpc) is 3.10. The first-order chi connectivity index (χ1) is 21.4. The molecule has 3 amide bonds. The van der Waals surface area contributed by atoms with Crippen LogP contribution >= 0.6 is 0 Å². The molecule has 0 aromatic heterocycles. The Labute approximate surface area is 258 Å². The normalized spacial score (nSPS) is 32.7. The molecule has 5 aliphatic rings. The van der Waals surface area contributed by atoms with Gasteiger partial charge in [0.2, 0.25) is 5.91 Å². The zero-order chi connectivity index (χ0) is 30.4. The van der Waals surface area contributed by atoms with Gasteiger partial charge in [0, 0.05) is 32.6 Å². The molecule has 7 rings (SSSR count). The van der Waals surface area contributed by atoms with Crippen LogP contribution < -0.4 is 5.32 Å². The molecular weight excluding hydrogens is 557 g/mol. The molecule has 3 fully saturated rings. The van der Waals surface area contributed by atoms with E-state index in [-0.39, 0.29) is 55.0 Å². The van der Waals surface area contributed by atoms with Crippen molar-refractivity contribution in [1.82, 2.24) is 25.1 Å². The first-order valence-electron chi connectivity index (χ1n) is 15.8. The number of unbranched alkanes of at least 4 members (excludes halogenated alkanes) is 1. The number of likely N-dealkylation sites (N-methyl/N-ethyl adjacent to an activating group) is 1. The average molecular weight is 598 g/mol. The molecule has 3 saturated heterocycles. The zero-order valence-corrected chi connectivity index (χ0v) is 25.3. The second-order valence-electron chi connectivity index (χ2n) is 12.5. The largest absolute Gasteiger partial charge is 0.363 e. The van der Waals surface area contributed by atoms with E-state index < -0.39 is 11.7 Å². The van der Waals surface area contributed by atoms with Gasteiger partial charge in [-0.25, -0.2) is 19.2 Å². The van der Waals surface area contributed by atoms with Crippen molar-refractivity contribution in [3.8, 4) is 0 Å². The second kappa shape index (κ2) is 11.6. The van der Waals surface area contributed by atoms with Gasteiger partial charge in [0.15, 0.2) is 0 Å². The third-order valence-electron chi connectivity index (χ3n) is 10.1. The molecule has 8 nitrogen and oxygen atoms in total. The molecule has 2 aromatic carbocycles. The maximum atomic E-state index is 14.0. The van der Waals surface area contributed by atoms with Crippen LogP contribution in [0.4, 0.5) is 9.18 Å². The Bertz CT molecular complexity index is 1490. The van der Waals surface area contributed by atoms with Crippen LogP contribution in [0.15, 0.2) is 90.6 Å². The highest BCUT2D eigenvalue weighted by Gasteiger charge is 2.69. The minimum atomic E-state index is -0.482. The molecule has 5 aliphatic heterocycles. The van der Waals surface area contributed by atoms with E-state index in [9.17, 15) is 14.0 Å². The third-order valence-corrected chi connectivity index (χ3v) is 10.1. The van der Waals surface area contributed by atoms with Gasteiger partial charge in [0.1, 0.15) is 29.7 Å². The van der Waals surface area contributed by atoms with Gasteiger partial charge in [-0.1, -0.05) is 86.5 Å². The molecule has 0 radical (unpaired) electrons. The molecule has 4 unspecified atom stereocenters. The highest BCUT2D eigenvalue weighted by atomic mass is 19.1. The number of rotatable bonds is 6. The van der Waals surface area contributed by atoms with Crippen LogP contribution in [-0.2, 0) is 16.1 Å². The molecule has 9 heteroatoms. The van der Waals surface area contributed by atoms with Crippen LogP contribution in [0.2, 0.25) is 0 Å². The van der Waals surface area contributed by atoms with Crippen molar-refractivity contribution in [1.29, 1.82) is 0 Å². The lowest BCUT2D eigenvalue weighted by molar-refractivity contribution is -0.285. The number of hydrazine groups is 1. The van der Waals surface area contributed by atoms with Gasteiger partial charge in [-0.05, 0) is 41.3 Å². The lowest BCUT2D eigenvalue weighted by Gasteiger charge is -2.69. The molecule has 1 N–H and O–H groups in total. The number of halogens is 1. The topological polar surface area (TPSA) is 68.4 Å². The molecule has 3 bridgehead atoms. The Hall–Kier alpha value is -3.79. The van der Waals surface area contributed by atoms with Gasteiger partial charge in [0.05, 0.1) is 12.6 Å². The Morgan fingerprint density at radius 2 is 1.86 bits per heavy atom. The van der Waals surface area contributed by atoms with Crippen molar-refractivity contribution in [2.24, 2.45) is 0 Å². The molecule has 2 aromatic rings. The van der Waals surface area contributed by atoms with Crippen molar-refractivity contribution < 1.29 is 18.7 Å². The zero-order valence-electron chi connectivity index (χ0n) is 25.3. The first kappa shape index (κ1) is 29.0. The van der Waals surface area contributed by atoms with Crippen molar-refractivity contribution in [2.45, 2.75) is 68.6 Å². The maximum Gasteiger partial charge on any atom is 0.334 e. The summed E-state index contributed by atoms with van der Waals surface area (Å²) in [4.78, 5) is 32.5. The molecule has 230 valence electrons. The quantitative estimate of drug-likeness (QED) is 0.528. The number of piperazine rings is 1. The number of benzene rings is 2. The summed E-state index contributed by atoms with van der Waals surface area (Å²) in [6.07, 6.45) is 12.8. The summed E-state index contributed by atoms with van der Waals surface area (Å²) in [5.74, 6) is -0.170. The van der Waals surface area contributed by atoms with Crippen molar-refractivity contribution in [3.63, 3.8) is 0 Å². The van der Waals surface area contributed by atoms with Crippen LogP contribution in [0.3, 0.4) is 0 Å². The molecular formula is C35H40FN5O3. The SMILES string of the molecule is CCCC[C@@H]1N2C(=O)CN(C)N(C(=O)NCc3ccc(F)cc3)[C@H]2CN2CC(c3ccccc3)C3=CC4OC(/C=C\C=C/3)C412. The van der Waals surface area contributed by atoms with Crippen LogP contribution in [0.5, 0.6) is 0 Å². The van der Waals surface area contributed by atoms with Crippen molar-refractivity contribution in [2.75, 3.05) is 26.7 Å². The second-order valence-corrected chi connectivity index (χ2v) is 12.5. The molecule has 1 spiro atoms. The summed E-state index contributed by atoms with van der Waals surface area (Å²) in [7, 11) is 1.80. The van der Waals surface area contributed by atoms with Gasteiger partial charge in [-0.3, -0.25) is 9.69 Å². The summed E-state index contributed by atoms with van der Waals surface area (Å²) in [6, 6.07) is 16.3. The minimum absolute atomic E-state index is 0.0321. The van der Waals surface area contributed by atoms with E-state index in [4.69, 9.17) is 4.74 Å². The number of carbonyl (C=O) groups is 2. The third kappa shape index (κ3) is 4.69. The number of ether oxygens (including phenoxy) is 1. The van der Waals surface area contributed by atoms with Gasteiger partial charge >= 0.3 is 6.03 Å². The summed E-state index contributed by atoms with van der Waals surface area (Å²) in [5, 5.41) is 6.50. The summed E-state index contributed by atoms with van der Waals surface area (Å²) >= 11 is 0. The number of hydrogen-bond donors (Lipinski definition) is 1. The molecule has 44 heavy (non-hydrogen) atoms. The molecule has 5 heterocycles. The standard InChI is InChI=1S/C35H40FN5O3/c1-3-4-13-29-35-30-14-9-8-12-26(19-31(35)44-30)28(25-10-6-5-7-11-25)21-39(35)22-32-40(29)33(42)23-38(2)41(32)34(43)37-20-24-15-17-27(36)18-16-24/h5-12,14-19,28-32H,3-4,13,20-23H2,1-2H3,(H,37,43)/b12-8-,14-9-/t28?,29-,30?,31?,32-,35?/m0/s1. The number of nitrogens with zero attached hydrogens (tertiary/aromatic N) is 4. The number of urea groups is 1. The van der Waals surface area contributed by atoms with E-state index in [1.54, 1.807) is 29.2 Å². The Balaban J connectivity index is 1.28. The maximum absolute atomic E-state index is 14.0. The monoisotopic (exact) mass is 597 g/mol. The first-order valence-corrected chi connectivity index (χ1v) is 15.8. The highest BCUT2D eigenvalue weighted by Crippen LogP contribution is 2.53. The van der Waals surface area contributed by atoms with Gasteiger partial charge in [0.25, 0.3) is 0 Å². The van der Waals surface area contributed by atoms with Crippen LogP contribution in [0.1, 0.15) is 43.2 Å². The van der Waals surface area contributed by atoms with E-state index in [0.29, 0.717) is 6.54 Å². The van der Waals surface area contributed by atoms with Crippen molar-refractivity contribution >= 4 is 11.9 Å². The lowest BCUT2D eigenvalue weighted by atomic mass is 9.68. The Morgan fingerprint density at radius 1 is 1.07 bits per heavy atom. The molecule has 6 atom stereocenters. The fourth-order valence-electron chi connectivity index (χ4n) is 8.03. The van der Waals surface area contributed by atoms with Crippen LogP contribution in [-0.4, -0.2) is 88.4 Å². The van der Waals surface area contributed by atoms with Crippen LogP contribution in [0.25, 0.3) is 0 Å². The van der Waals surface area contributed by atoms with E-state index in [2.05, 4.69) is 71.8 Å². The number of nitrogens with one attached hydrogen (secondary N) is 1.